The fourth-order valence-electron chi connectivity index (χ4n) is 5.11. The van der Waals surface area contributed by atoms with E-state index in [1.54, 1.807) is 56.9 Å². The van der Waals surface area contributed by atoms with Gasteiger partial charge in [-0.2, -0.15) is 4.98 Å². The zero-order valence-corrected chi connectivity index (χ0v) is 26.4. The first-order valence-corrected chi connectivity index (χ1v) is 14.6. The van der Waals surface area contributed by atoms with Crippen molar-refractivity contribution in [2.24, 2.45) is 7.05 Å². The van der Waals surface area contributed by atoms with Gasteiger partial charge in [-0.3, -0.25) is 14.2 Å². The van der Waals surface area contributed by atoms with E-state index < -0.39 is 0 Å². The average Bonchev–Trinajstić information content (AvgIpc) is 3.03. The number of aromatic nitrogens is 3. The van der Waals surface area contributed by atoms with Crippen LogP contribution in [0.25, 0.3) is 27.6 Å². The van der Waals surface area contributed by atoms with Gasteiger partial charge >= 0.3 is 0 Å². The number of phenols is 1. The van der Waals surface area contributed by atoms with E-state index in [1.165, 1.54) is 9.13 Å². The maximum Gasteiger partial charge on any atom is 0.274 e. The Kier molecular flexibility index (Phi) is 9.59. The van der Waals surface area contributed by atoms with Gasteiger partial charge in [0.05, 0.1) is 18.9 Å². The van der Waals surface area contributed by atoms with Crippen molar-refractivity contribution in [2.45, 2.75) is 6.92 Å². The third kappa shape index (κ3) is 6.53. The lowest BCUT2D eigenvalue weighted by molar-refractivity contribution is 0.138. The Morgan fingerprint density at radius 1 is 0.957 bits per heavy atom. The van der Waals surface area contributed by atoms with E-state index in [0.717, 1.165) is 16.6 Å². The summed E-state index contributed by atoms with van der Waals surface area (Å²) in [7, 11) is 7.04. The van der Waals surface area contributed by atoms with E-state index in [0.29, 0.717) is 40.4 Å². The quantitative estimate of drug-likeness (QED) is 0.174. The van der Waals surface area contributed by atoms with Crippen molar-refractivity contribution in [2.75, 3.05) is 57.8 Å². The Labute approximate surface area is 265 Å². The van der Waals surface area contributed by atoms with Crippen LogP contribution >= 0.6 is 0 Å². The number of ether oxygens (including phenoxy) is 3. The van der Waals surface area contributed by atoms with Gasteiger partial charge in [0.25, 0.3) is 17.0 Å². The van der Waals surface area contributed by atoms with Gasteiger partial charge in [-0.25, -0.2) is 0 Å². The summed E-state index contributed by atoms with van der Waals surface area (Å²) in [5, 5.41) is 25.2. The van der Waals surface area contributed by atoms with Gasteiger partial charge in [0.1, 0.15) is 30.5 Å². The molecule has 0 aliphatic rings. The van der Waals surface area contributed by atoms with Crippen molar-refractivity contribution in [3.05, 3.63) is 93.3 Å². The fourth-order valence-corrected chi connectivity index (χ4v) is 5.11. The molecule has 46 heavy (non-hydrogen) atoms. The van der Waals surface area contributed by atoms with Gasteiger partial charge in [-0.05, 0) is 66.4 Å². The van der Waals surface area contributed by atoms with Crippen molar-refractivity contribution in [3.63, 3.8) is 0 Å². The zero-order chi connectivity index (χ0) is 33.0. The summed E-state index contributed by atoms with van der Waals surface area (Å²) in [6.07, 6.45) is 3.28. The molecule has 0 radical (unpaired) electrons. The Morgan fingerprint density at radius 3 is 2.50 bits per heavy atom. The van der Waals surface area contributed by atoms with Crippen LogP contribution < -0.4 is 30.8 Å². The molecule has 0 spiro atoms. The Bertz CT molecular complexity index is 2000. The maximum absolute atomic E-state index is 13.6. The standard InChI is InChI=1S/C34H37N5O7/c1-21-6-9-27(39-13-12-22-18-24(37(2)3)7-8-25(22)33(39)42)31(41)30(21)23-19-26(34(43)38(4)20-23)35-29-11-10-28(45-15-14-40)32(36-29)46-17-16-44-5/h6-13,18-20,40-41H,14-17H2,1-5H3,(H,35,36). The van der Waals surface area contributed by atoms with Gasteiger partial charge in [0.2, 0.25) is 0 Å². The summed E-state index contributed by atoms with van der Waals surface area (Å²) >= 11 is 0. The van der Waals surface area contributed by atoms with Crippen LogP contribution in [0.15, 0.2) is 76.6 Å². The molecule has 0 aliphatic heterocycles. The number of fused-ring (bicyclic) bond motifs is 1. The molecule has 3 aromatic heterocycles. The highest BCUT2D eigenvalue weighted by Gasteiger charge is 2.19. The number of aromatic hydroxyl groups is 1. The molecule has 0 saturated heterocycles. The van der Waals surface area contributed by atoms with Crippen LogP contribution in [-0.2, 0) is 11.8 Å². The lowest BCUT2D eigenvalue weighted by Crippen LogP contribution is -2.20. The average molecular weight is 628 g/mol. The summed E-state index contributed by atoms with van der Waals surface area (Å²) in [6.45, 7) is 2.26. The molecule has 2 aromatic carbocycles. The van der Waals surface area contributed by atoms with Crippen molar-refractivity contribution < 1.29 is 24.4 Å². The number of hydrogen-bond acceptors (Lipinski definition) is 10. The minimum Gasteiger partial charge on any atom is -0.505 e. The summed E-state index contributed by atoms with van der Waals surface area (Å²) in [5.41, 5.74) is 2.64. The number of rotatable bonds is 12. The largest absolute Gasteiger partial charge is 0.505 e. The lowest BCUT2D eigenvalue weighted by atomic mass is 9.99. The van der Waals surface area contributed by atoms with Crippen molar-refractivity contribution in [3.8, 4) is 34.2 Å². The number of nitrogens with zero attached hydrogens (tertiary/aromatic N) is 4. The number of aryl methyl sites for hydroxylation is 2. The van der Waals surface area contributed by atoms with Crippen LogP contribution in [0.1, 0.15) is 5.56 Å². The molecule has 0 amide bonds. The predicted molar refractivity (Wildman–Crippen MR) is 178 cm³/mol. The van der Waals surface area contributed by atoms with Gasteiger partial charge in [0.15, 0.2) is 5.75 Å². The Hall–Kier alpha value is -5.33. The molecule has 0 bridgehead atoms. The molecule has 0 saturated carbocycles. The maximum atomic E-state index is 13.6. The SMILES string of the molecule is COCCOc1nc(Nc2cc(-c3c(C)ccc(-n4ccc5cc(N(C)C)ccc5c4=O)c3O)cn(C)c2=O)ccc1OCCO. The lowest BCUT2D eigenvalue weighted by Gasteiger charge is -2.17. The number of phenolic OH excluding ortho intramolecular Hbond substituents is 1. The van der Waals surface area contributed by atoms with E-state index in [1.807, 2.05) is 50.2 Å². The van der Waals surface area contributed by atoms with E-state index in [-0.39, 0.29) is 48.3 Å². The normalized spacial score (nSPS) is 11.1. The van der Waals surface area contributed by atoms with Crippen LogP contribution in [0.3, 0.4) is 0 Å². The topological polar surface area (TPSA) is 140 Å². The number of aliphatic hydroxyl groups is 1. The van der Waals surface area contributed by atoms with Crippen molar-refractivity contribution >= 4 is 28.0 Å². The van der Waals surface area contributed by atoms with Crippen molar-refractivity contribution in [1.82, 2.24) is 14.1 Å². The minimum atomic E-state index is -0.329. The second-order valence-corrected chi connectivity index (χ2v) is 10.9. The molecule has 12 heteroatoms. The minimum absolute atomic E-state index is 0.0578. The monoisotopic (exact) mass is 627 g/mol. The Balaban J connectivity index is 1.55. The number of pyridine rings is 3. The molecular formula is C34H37N5O7. The van der Waals surface area contributed by atoms with Crippen LogP contribution in [0, 0.1) is 6.92 Å². The molecule has 0 atom stereocenters. The van der Waals surface area contributed by atoms with E-state index in [9.17, 15) is 14.7 Å². The third-order valence-electron chi connectivity index (χ3n) is 7.46. The number of aliphatic hydroxyl groups excluding tert-OH is 1. The molecule has 0 unspecified atom stereocenters. The Morgan fingerprint density at radius 2 is 1.76 bits per heavy atom. The van der Waals surface area contributed by atoms with E-state index >= 15 is 0 Å². The second-order valence-electron chi connectivity index (χ2n) is 10.9. The van der Waals surface area contributed by atoms with Crippen LogP contribution in [-0.4, -0.2) is 72.0 Å². The number of benzene rings is 2. The summed E-state index contributed by atoms with van der Waals surface area (Å²) in [5.74, 6) is 0.710. The summed E-state index contributed by atoms with van der Waals surface area (Å²) in [6, 6.07) is 15.9. The van der Waals surface area contributed by atoms with E-state index in [4.69, 9.17) is 19.3 Å². The highest BCUT2D eigenvalue weighted by atomic mass is 16.5. The molecule has 0 aliphatic carbocycles. The molecule has 240 valence electrons. The summed E-state index contributed by atoms with van der Waals surface area (Å²) in [4.78, 5) is 33.2. The molecule has 5 aromatic rings. The predicted octanol–water partition coefficient (Wildman–Crippen LogP) is 3.97. The molecule has 12 nitrogen and oxygen atoms in total. The van der Waals surface area contributed by atoms with Crippen molar-refractivity contribution in [1.29, 1.82) is 0 Å². The van der Waals surface area contributed by atoms with E-state index in [2.05, 4.69) is 10.3 Å². The first-order valence-electron chi connectivity index (χ1n) is 14.6. The zero-order valence-electron chi connectivity index (χ0n) is 26.4. The molecule has 3 heterocycles. The first-order chi connectivity index (χ1) is 22.1. The summed E-state index contributed by atoms with van der Waals surface area (Å²) < 4.78 is 19.1. The van der Waals surface area contributed by atoms with Crippen LogP contribution in [0.2, 0.25) is 0 Å². The number of anilines is 3. The molecule has 3 N–H and O–H groups in total. The second kappa shape index (κ2) is 13.8. The highest BCUT2D eigenvalue weighted by Crippen LogP contribution is 2.38. The molecule has 5 rings (SSSR count). The number of nitrogens with one attached hydrogen (secondary N) is 1. The number of hydrogen-bond donors (Lipinski definition) is 3. The first kappa shape index (κ1) is 32.1. The highest BCUT2D eigenvalue weighted by molar-refractivity contribution is 5.86. The van der Waals surface area contributed by atoms with Gasteiger partial charge in [-0.15, -0.1) is 0 Å². The molecule has 0 fully saturated rings. The van der Waals surface area contributed by atoms with Gasteiger partial charge in [0, 0.05) is 62.8 Å². The van der Waals surface area contributed by atoms with Crippen LogP contribution in [0.4, 0.5) is 17.2 Å². The molecular weight excluding hydrogens is 590 g/mol. The third-order valence-corrected chi connectivity index (χ3v) is 7.46. The van der Waals surface area contributed by atoms with Gasteiger partial charge < -0.3 is 39.2 Å². The van der Waals surface area contributed by atoms with Gasteiger partial charge in [-0.1, -0.05) is 6.07 Å². The number of methoxy groups -OCH3 is 1. The fraction of sp³-hybridized carbons (Fsp3) is 0.265. The van der Waals surface area contributed by atoms with Crippen LogP contribution in [0.5, 0.6) is 17.4 Å². The smallest absolute Gasteiger partial charge is 0.274 e.